The summed E-state index contributed by atoms with van der Waals surface area (Å²) in [7, 11) is 0. The number of benzene rings is 3. The van der Waals surface area contributed by atoms with E-state index < -0.39 is 0 Å². The summed E-state index contributed by atoms with van der Waals surface area (Å²) in [6.45, 7) is 0. The number of aromatic nitrogens is 3. The maximum Gasteiger partial charge on any atom is 0.167 e. The van der Waals surface area contributed by atoms with Crippen molar-refractivity contribution < 1.29 is 4.79 Å². The van der Waals surface area contributed by atoms with Gasteiger partial charge in [-0.15, -0.1) is 0 Å². The number of hydrogen-bond acceptors (Lipinski definition) is 3. The third-order valence-corrected chi connectivity index (χ3v) is 5.13. The molecular weight excluding hydrogens is 370 g/mol. The van der Waals surface area contributed by atoms with E-state index in [1.807, 2.05) is 78.9 Å². The molecule has 0 unspecified atom stereocenters. The molecule has 0 aliphatic carbocycles. The van der Waals surface area contributed by atoms with Crippen molar-refractivity contribution in [3.05, 3.63) is 108 Å². The lowest BCUT2D eigenvalue weighted by molar-refractivity contribution is 0.0993. The molecule has 1 N–H and O–H groups in total. The fourth-order valence-corrected chi connectivity index (χ4v) is 3.55. The zero-order valence-corrected chi connectivity index (χ0v) is 16.2. The van der Waals surface area contributed by atoms with Crippen molar-refractivity contribution in [1.29, 1.82) is 0 Å². The third-order valence-electron chi connectivity index (χ3n) is 5.13. The first-order valence-corrected chi connectivity index (χ1v) is 9.85. The summed E-state index contributed by atoms with van der Waals surface area (Å²) in [4.78, 5) is 25.0. The summed E-state index contributed by atoms with van der Waals surface area (Å²) in [6.07, 6.45) is 2.16. The number of pyridine rings is 1. The van der Waals surface area contributed by atoms with Gasteiger partial charge in [0.15, 0.2) is 5.78 Å². The number of carbonyl (C=O) groups is 1. The lowest BCUT2D eigenvalue weighted by atomic mass is 10.0. The Bertz CT molecular complexity index is 1310. The van der Waals surface area contributed by atoms with E-state index >= 15 is 0 Å². The molecule has 3 aromatic carbocycles. The van der Waals surface area contributed by atoms with Crippen molar-refractivity contribution in [1.82, 2.24) is 15.0 Å². The number of aromatic amines is 1. The van der Waals surface area contributed by atoms with E-state index in [-0.39, 0.29) is 5.78 Å². The van der Waals surface area contributed by atoms with E-state index in [2.05, 4.69) is 22.1 Å². The van der Waals surface area contributed by atoms with Crippen LogP contribution in [0.15, 0.2) is 97.2 Å². The lowest BCUT2D eigenvalue weighted by Crippen LogP contribution is -2.02. The van der Waals surface area contributed by atoms with Crippen LogP contribution in [-0.2, 0) is 6.42 Å². The smallest absolute Gasteiger partial charge is 0.167 e. The molecule has 0 bridgehead atoms. The van der Waals surface area contributed by atoms with Gasteiger partial charge in [-0.1, -0.05) is 66.7 Å². The first-order valence-electron chi connectivity index (χ1n) is 9.85. The zero-order valence-electron chi connectivity index (χ0n) is 16.2. The molecule has 0 aliphatic rings. The summed E-state index contributed by atoms with van der Waals surface area (Å²) in [5.41, 5.74) is 6.53. The number of Topliss-reactive ketones (excluding diaryl/α,β-unsaturated/α-hetero) is 1. The Balaban J connectivity index is 1.39. The normalized spacial score (nSPS) is 10.9. The summed E-state index contributed by atoms with van der Waals surface area (Å²) >= 11 is 0. The van der Waals surface area contributed by atoms with Crippen LogP contribution in [0.25, 0.3) is 33.7 Å². The van der Waals surface area contributed by atoms with Gasteiger partial charge in [0.2, 0.25) is 0 Å². The van der Waals surface area contributed by atoms with E-state index in [1.54, 1.807) is 6.20 Å². The molecule has 2 heterocycles. The highest BCUT2D eigenvalue weighted by molar-refractivity contribution is 5.97. The second kappa shape index (κ2) is 7.76. The van der Waals surface area contributed by atoms with E-state index in [4.69, 9.17) is 4.98 Å². The molecule has 5 aromatic rings. The van der Waals surface area contributed by atoms with Gasteiger partial charge in [0.25, 0.3) is 0 Å². The molecule has 5 rings (SSSR count). The standard InChI is InChI=1S/C26H19N3O/c30-25(20-6-2-1-3-7-20)17-18-9-14-23-24(16-18)29-26(28-23)21-12-10-19(11-13-21)22-8-4-5-15-27-22/h1-16H,17H2,(H,28,29). The molecule has 4 nitrogen and oxygen atoms in total. The van der Waals surface area contributed by atoms with Crippen molar-refractivity contribution in [2.75, 3.05) is 0 Å². The van der Waals surface area contributed by atoms with E-state index in [1.165, 1.54) is 0 Å². The average molecular weight is 389 g/mol. The second-order valence-electron chi connectivity index (χ2n) is 7.20. The number of hydrogen-bond donors (Lipinski definition) is 1. The molecule has 0 fully saturated rings. The zero-order chi connectivity index (χ0) is 20.3. The highest BCUT2D eigenvalue weighted by Gasteiger charge is 2.10. The van der Waals surface area contributed by atoms with Crippen LogP contribution in [0.3, 0.4) is 0 Å². The van der Waals surface area contributed by atoms with Crippen molar-refractivity contribution in [3.8, 4) is 22.6 Å². The van der Waals surface area contributed by atoms with E-state index in [0.717, 1.165) is 44.8 Å². The Morgan fingerprint density at radius 3 is 2.33 bits per heavy atom. The molecule has 0 radical (unpaired) electrons. The van der Waals surface area contributed by atoms with Gasteiger partial charge in [-0.25, -0.2) is 4.98 Å². The fourth-order valence-electron chi connectivity index (χ4n) is 3.55. The monoisotopic (exact) mass is 389 g/mol. The van der Waals surface area contributed by atoms with Crippen molar-refractivity contribution in [2.45, 2.75) is 6.42 Å². The Morgan fingerprint density at radius 1 is 0.800 bits per heavy atom. The molecule has 144 valence electrons. The van der Waals surface area contributed by atoms with Crippen LogP contribution in [0.5, 0.6) is 0 Å². The quantitative estimate of drug-likeness (QED) is 0.391. The first kappa shape index (κ1) is 18.0. The summed E-state index contributed by atoms with van der Waals surface area (Å²) in [5.74, 6) is 0.920. The Morgan fingerprint density at radius 2 is 1.57 bits per heavy atom. The van der Waals surface area contributed by atoms with Crippen LogP contribution < -0.4 is 0 Å². The van der Waals surface area contributed by atoms with Gasteiger partial charge in [0, 0.05) is 29.3 Å². The molecule has 0 saturated heterocycles. The highest BCUT2D eigenvalue weighted by atomic mass is 16.1. The fraction of sp³-hybridized carbons (Fsp3) is 0.0385. The number of nitrogens with one attached hydrogen (secondary N) is 1. The maximum absolute atomic E-state index is 12.5. The molecule has 4 heteroatoms. The topological polar surface area (TPSA) is 58.6 Å². The van der Waals surface area contributed by atoms with Gasteiger partial charge in [0.1, 0.15) is 5.82 Å². The minimum Gasteiger partial charge on any atom is -0.338 e. The lowest BCUT2D eigenvalue weighted by Gasteiger charge is -2.02. The average Bonchev–Trinajstić information content (AvgIpc) is 3.24. The van der Waals surface area contributed by atoms with Crippen LogP contribution in [-0.4, -0.2) is 20.7 Å². The SMILES string of the molecule is O=C(Cc1ccc2nc(-c3ccc(-c4ccccn4)cc3)[nH]c2c1)c1ccccc1. The molecule has 2 aromatic heterocycles. The summed E-state index contributed by atoms with van der Waals surface area (Å²) < 4.78 is 0. The number of nitrogens with zero attached hydrogens (tertiary/aromatic N) is 2. The number of ketones is 1. The predicted octanol–water partition coefficient (Wildman–Crippen LogP) is 5.72. The molecule has 0 atom stereocenters. The van der Waals surface area contributed by atoms with Gasteiger partial charge in [-0.05, 0) is 29.8 Å². The van der Waals surface area contributed by atoms with E-state index in [0.29, 0.717) is 6.42 Å². The molecular formula is C26H19N3O. The van der Waals surface area contributed by atoms with Crippen LogP contribution in [0.4, 0.5) is 0 Å². The van der Waals surface area contributed by atoms with Gasteiger partial charge in [-0.2, -0.15) is 0 Å². The van der Waals surface area contributed by atoms with Crippen molar-refractivity contribution >= 4 is 16.8 Å². The minimum absolute atomic E-state index is 0.111. The highest BCUT2D eigenvalue weighted by Crippen LogP contribution is 2.25. The van der Waals surface area contributed by atoms with Gasteiger partial charge in [0.05, 0.1) is 16.7 Å². The van der Waals surface area contributed by atoms with Crippen molar-refractivity contribution in [2.24, 2.45) is 0 Å². The Hall–Kier alpha value is -4.05. The Kier molecular flexibility index (Phi) is 4.66. The third kappa shape index (κ3) is 3.63. The second-order valence-corrected chi connectivity index (χ2v) is 7.20. The molecule has 0 spiro atoms. The Labute approximate surface area is 174 Å². The van der Waals surface area contributed by atoms with Gasteiger partial charge in [-0.3, -0.25) is 9.78 Å². The number of H-pyrrole nitrogens is 1. The van der Waals surface area contributed by atoms with E-state index in [9.17, 15) is 4.79 Å². The molecule has 30 heavy (non-hydrogen) atoms. The number of imidazole rings is 1. The van der Waals surface area contributed by atoms with Gasteiger partial charge < -0.3 is 4.98 Å². The maximum atomic E-state index is 12.5. The van der Waals surface area contributed by atoms with Crippen LogP contribution in [0, 0.1) is 0 Å². The molecule has 0 amide bonds. The largest absolute Gasteiger partial charge is 0.338 e. The van der Waals surface area contributed by atoms with Gasteiger partial charge >= 0.3 is 0 Å². The molecule has 0 aliphatic heterocycles. The van der Waals surface area contributed by atoms with Crippen LogP contribution in [0.2, 0.25) is 0 Å². The number of carbonyl (C=O) groups excluding carboxylic acids is 1. The van der Waals surface area contributed by atoms with Crippen LogP contribution >= 0.6 is 0 Å². The summed E-state index contributed by atoms with van der Waals surface area (Å²) in [5, 5.41) is 0. The molecule has 0 saturated carbocycles. The van der Waals surface area contributed by atoms with Crippen LogP contribution in [0.1, 0.15) is 15.9 Å². The van der Waals surface area contributed by atoms with Crippen molar-refractivity contribution in [3.63, 3.8) is 0 Å². The first-order chi connectivity index (χ1) is 14.8. The predicted molar refractivity (Wildman–Crippen MR) is 119 cm³/mol. The minimum atomic E-state index is 0.111. The summed E-state index contributed by atoms with van der Waals surface area (Å²) in [6, 6.07) is 29.4. The number of rotatable bonds is 5. The number of fused-ring (bicyclic) bond motifs is 1.